The molecule has 116 valence electrons. The Kier molecular flexibility index (Phi) is 5.20. The smallest absolute Gasteiger partial charge is 0.349 e. The summed E-state index contributed by atoms with van der Waals surface area (Å²) < 4.78 is 38.5. The van der Waals surface area contributed by atoms with Crippen LogP contribution in [0.3, 0.4) is 0 Å². The van der Waals surface area contributed by atoms with Gasteiger partial charge in [0.25, 0.3) is 5.91 Å². The van der Waals surface area contributed by atoms with Crippen molar-refractivity contribution in [1.29, 1.82) is 0 Å². The van der Waals surface area contributed by atoms with Crippen molar-refractivity contribution in [3.63, 3.8) is 0 Å². The Balaban J connectivity index is 2.19. The highest BCUT2D eigenvalue weighted by atomic mass is 79.9. The minimum Gasteiger partial charge on any atom is -0.349 e. The summed E-state index contributed by atoms with van der Waals surface area (Å²) in [7, 11) is 0. The number of benzene rings is 1. The first kappa shape index (κ1) is 16.6. The highest BCUT2D eigenvalue weighted by Gasteiger charge is 2.33. The lowest BCUT2D eigenvalue weighted by Gasteiger charge is -2.19. The zero-order valence-corrected chi connectivity index (χ0v) is 13.4. The minimum absolute atomic E-state index is 0.00922. The highest BCUT2D eigenvalue weighted by Crippen LogP contribution is 2.32. The SMILES string of the molecule is O=C(NC1CCCC1CCl)c1cc(C(F)(F)F)ccc1Br. The minimum atomic E-state index is -4.47. The number of nitrogens with one attached hydrogen (secondary N) is 1. The standard InChI is InChI=1S/C14H14BrClF3NO/c15-11-5-4-9(14(17,18)19)6-10(11)13(21)20-12-3-1-2-8(12)7-16/h4-6,8,12H,1-3,7H2,(H,20,21). The lowest BCUT2D eigenvalue weighted by molar-refractivity contribution is -0.137. The molecule has 1 aliphatic rings. The molecule has 0 saturated heterocycles. The first-order chi connectivity index (χ1) is 9.82. The van der Waals surface area contributed by atoms with Crippen LogP contribution in [-0.4, -0.2) is 17.8 Å². The Labute approximate surface area is 134 Å². The highest BCUT2D eigenvalue weighted by molar-refractivity contribution is 9.10. The first-order valence-corrected chi connectivity index (χ1v) is 7.89. The van der Waals surface area contributed by atoms with Crippen LogP contribution < -0.4 is 5.32 Å². The van der Waals surface area contributed by atoms with E-state index in [-0.39, 0.29) is 17.5 Å². The fraction of sp³-hybridized carbons (Fsp3) is 0.500. The van der Waals surface area contributed by atoms with Gasteiger partial charge in [-0.25, -0.2) is 0 Å². The molecule has 1 saturated carbocycles. The second kappa shape index (κ2) is 6.57. The first-order valence-electron chi connectivity index (χ1n) is 6.56. The largest absolute Gasteiger partial charge is 0.416 e. The molecule has 1 aromatic carbocycles. The van der Waals surface area contributed by atoms with Crippen molar-refractivity contribution in [3.05, 3.63) is 33.8 Å². The summed E-state index contributed by atoms with van der Waals surface area (Å²) in [5, 5.41) is 2.79. The van der Waals surface area contributed by atoms with E-state index in [0.717, 1.165) is 31.4 Å². The number of alkyl halides is 4. The molecule has 0 aliphatic heterocycles. The molecule has 2 rings (SSSR count). The van der Waals surface area contributed by atoms with Crippen molar-refractivity contribution in [2.45, 2.75) is 31.5 Å². The Morgan fingerprint density at radius 1 is 1.38 bits per heavy atom. The summed E-state index contributed by atoms with van der Waals surface area (Å²) in [6.45, 7) is 0. The van der Waals surface area contributed by atoms with E-state index >= 15 is 0 Å². The molecule has 1 N–H and O–H groups in total. The van der Waals surface area contributed by atoms with Gasteiger partial charge in [-0.3, -0.25) is 4.79 Å². The third-order valence-corrected chi connectivity index (χ3v) is 4.80. The maximum atomic E-state index is 12.7. The van der Waals surface area contributed by atoms with Crippen LogP contribution in [0.4, 0.5) is 13.2 Å². The van der Waals surface area contributed by atoms with Crippen LogP contribution in [-0.2, 0) is 6.18 Å². The van der Waals surface area contributed by atoms with E-state index < -0.39 is 17.6 Å². The molecular formula is C14H14BrClF3NO. The van der Waals surface area contributed by atoms with Gasteiger partial charge in [0.05, 0.1) is 11.1 Å². The molecule has 0 spiro atoms. The third kappa shape index (κ3) is 3.92. The Morgan fingerprint density at radius 3 is 2.71 bits per heavy atom. The molecule has 0 heterocycles. The summed E-state index contributed by atoms with van der Waals surface area (Å²) in [4.78, 5) is 12.2. The van der Waals surface area contributed by atoms with Crippen molar-refractivity contribution in [2.24, 2.45) is 5.92 Å². The van der Waals surface area contributed by atoms with Crippen LogP contribution in [0.5, 0.6) is 0 Å². The van der Waals surface area contributed by atoms with Gasteiger partial charge in [0, 0.05) is 16.4 Å². The number of hydrogen-bond donors (Lipinski definition) is 1. The van der Waals surface area contributed by atoms with E-state index in [1.165, 1.54) is 6.07 Å². The quantitative estimate of drug-likeness (QED) is 0.758. The number of hydrogen-bond acceptors (Lipinski definition) is 1. The predicted octanol–water partition coefficient (Wildman–Crippen LogP) is 4.61. The predicted molar refractivity (Wildman–Crippen MR) is 78.5 cm³/mol. The van der Waals surface area contributed by atoms with E-state index in [2.05, 4.69) is 21.2 Å². The summed E-state index contributed by atoms with van der Waals surface area (Å²) in [5.74, 6) is 0.115. The van der Waals surface area contributed by atoms with Gasteiger partial charge in [0.1, 0.15) is 0 Å². The third-order valence-electron chi connectivity index (χ3n) is 3.71. The van der Waals surface area contributed by atoms with E-state index in [1.54, 1.807) is 0 Å². The second-order valence-corrected chi connectivity index (χ2v) is 6.28. The maximum absolute atomic E-state index is 12.7. The molecule has 1 aliphatic carbocycles. The fourth-order valence-electron chi connectivity index (χ4n) is 2.53. The number of rotatable bonds is 3. The number of carbonyl (C=O) groups excluding carboxylic acids is 1. The van der Waals surface area contributed by atoms with Gasteiger partial charge in [-0.15, -0.1) is 11.6 Å². The second-order valence-electron chi connectivity index (χ2n) is 5.12. The lowest BCUT2D eigenvalue weighted by Crippen LogP contribution is -2.38. The molecule has 1 fully saturated rings. The van der Waals surface area contributed by atoms with Gasteiger partial charge in [-0.1, -0.05) is 6.42 Å². The van der Waals surface area contributed by atoms with Crippen molar-refractivity contribution in [3.8, 4) is 0 Å². The summed E-state index contributed by atoms with van der Waals surface area (Å²) in [5.41, 5.74) is -0.846. The maximum Gasteiger partial charge on any atom is 0.416 e. The summed E-state index contributed by atoms with van der Waals surface area (Å²) in [6.07, 6.45) is -1.77. The topological polar surface area (TPSA) is 29.1 Å². The van der Waals surface area contributed by atoms with Crippen LogP contribution in [0, 0.1) is 5.92 Å². The van der Waals surface area contributed by atoms with Crippen LogP contribution in [0.1, 0.15) is 35.2 Å². The summed E-state index contributed by atoms with van der Waals surface area (Å²) in [6, 6.07) is 2.98. The molecule has 1 aromatic rings. The molecule has 7 heteroatoms. The van der Waals surface area contributed by atoms with Gasteiger partial charge >= 0.3 is 6.18 Å². The zero-order valence-electron chi connectivity index (χ0n) is 11.0. The van der Waals surface area contributed by atoms with E-state index in [1.807, 2.05) is 0 Å². The molecule has 0 aromatic heterocycles. The van der Waals surface area contributed by atoms with E-state index in [0.29, 0.717) is 10.4 Å². The molecule has 0 bridgehead atoms. The van der Waals surface area contributed by atoms with Crippen molar-refractivity contribution >= 4 is 33.4 Å². The van der Waals surface area contributed by atoms with Gasteiger partial charge in [0.2, 0.25) is 0 Å². The van der Waals surface area contributed by atoms with Crippen LogP contribution in [0.25, 0.3) is 0 Å². The Hall–Kier alpha value is -0.750. The Bertz CT molecular complexity index is 535. The van der Waals surface area contributed by atoms with Gasteiger partial charge in [-0.05, 0) is 52.9 Å². The monoisotopic (exact) mass is 383 g/mol. The van der Waals surface area contributed by atoms with Crippen LogP contribution in [0.2, 0.25) is 0 Å². The number of halogens is 5. The average molecular weight is 385 g/mol. The van der Waals surface area contributed by atoms with Crippen molar-refractivity contribution < 1.29 is 18.0 Å². The normalized spacial score (nSPS) is 22.3. The van der Waals surface area contributed by atoms with E-state index in [4.69, 9.17) is 11.6 Å². The molecule has 2 unspecified atom stereocenters. The lowest BCUT2D eigenvalue weighted by atomic mass is 10.0. The van der Waals surface area contributed by atoms with Crippen LogP contribution >= 0.6 is 27.5 Å². The van der Waals surface area contributed by atoms with Crippen molar-refractivity contribution in [1.82, 2.24) is 5.32 Å². The number of carbonyl (C=O) groups is 1. The van der Waals surface area contributed by atoms with Crippen LogP contribution in [0.15, 0.2) is 22.7 Å². The summed E-state index contributed by atoms with van der Waals surface area (Å²) >= 11 is 8.96. The zero-order chi connectivity index (χ0) is 15.6. The van der Waals surface area contributed by atoms with Gasteiger partial charge in [-0.2, -0.15) is 13.2 Å². The molecule has 0 radical (unpaired) electrons. The van der Waals surface area contributed by atoms with Gasteiger partial charge < -0.3 is 5.32 Å². The van der Waals surface area contributed by atoms with Gasteiger partial charge in [0.15, 0.2) is 0 Å². The Morgan fingerprint density at radius 2 is 2.10 bits per heavy atom. The molecule has 2 atom stereocenters. The molecule has 21 heavy (non-hydrogen) atoms. The van der Waals surface area contributed by atoms with E-state index in [9.17, 15) is 18.0 Å². The number of amides is 1. The molecular weight excluding hydrogens is 371 g/mol. The molecule has 2 nitrogen and oxygen atoms in total. The molecule has 1 amide bonds. The average Bonchev–Trinajstić information content (AvgIpc) is 2.84. The van der Waals surface area contributed by atoms with Crippen molar-refractivity contribution in [2.75, 3.05) is 5.88 Å². The fourth-order valence-corrected chi connectivity index (χ4v) is 3.33.